The minimum Gasteiger partial charge on any atom is -0.462 e. The fourth-order valence-corrected chi connectivity index (χ4v) is 4.11. The third kappa shape index (κ3) is 6.45. The first kappa shape index (κ1) is 24.0. The van der Waals surface area contributed by atoms with E-state index < -0.39 is 5.25 Å². The van der Waals surface area contributed by atoms with Gasteiger partial charge < -0.3 is 19.8 Å². The third-order valence-corrected chi connectivity index (χ3v) is 5.92. The maximum Gasteiger partial charge on any atom is 0.338 e. The standard InChI is InChI=1S/C25H22N4O5S/c1-2-33-24(32)17-10-8-16(9-11-17)20-13-12-19(34-20)15-26-29-25-28-23(31)21(35-25)14-22(30)27-18-6-4-3-5-7-18/h3-13,15,21H,2,14H2,1H3,(H,27,30)(H,28,29,31)/b26-15-/t21-/m1/s1. The van der Waals surface area contributed by atoms with Crippen LogP contribution in [-0.2, 0) is 14.3 Å². The van der Waals surface area contributed by atoms with E-state index in [1.165, 1.54) is 6.21 Å². The molecule has 0 saturated carbocycles. The summed E-state index contributed by atoms with van der Waals surface area (Å²) in [5.41, 5.74) is 1.93. The Morgan fingerprint density at radius 3 is 2.63 bits per heavy atom. The number of benzene rings is 2. The molecule has 0 aliphatic carbocycles. The van der Waals surface area contributed by atoms with Crippen LogP contribution in [0.25, 0.3) is 11.3 Å². The summed E-state index contributed by atoms with van der Waals surface area (Å²) in [5, 5.41) is 13.1. The molecule has 10 heteroatoms. The van der Waals surface area contributed by atoms with Crippen LogP contribution in [0.4, 0.5) is 5.69 Å². The number of amides is 2. The van der Waals surface area contributed by atoms with Crippen LogP contribution in [0.3, 0.4) is 0 Å². The van der Waals surface area contributed by atoms with Gasteiger partial charge in [0.1, 0.15) is 16.8 Å². The number of thioether (sulfide) groups is 1. The van der Waals surface area contributed by atoms with Gasteiger partial charge in [-0.1, -0.05) is 42.1 Å². The van der Waals surface area contributed by atoms with Gasteiger partial charge in [-0.05, 0) is 43.3 Å². The quantitative estimate of drug-likeness (QED) is 0.279. The molecule has 178 valence electrons. The van der Waals surface area contributed by atoms with E-state index in [1.807, 2.05) is 18.2 Å². The maximum atomic E-state index is 12.2. The van der Waals surface area contributed by atoms with E-state index >= 15 is 0 Å². The molecule has 2 aromatic carbocycles. The number of ether oxygens (including phenoxy) is 1. The zero-order valence-electron chi connectivity index (χ0n) is 18.8. The normalized spacial score (nSPS) is 16.4. The molecule has 9 nitrogen and oxygen atoms in total. The van der Waals surface area contributed by atoms with Crippen LogP contribution in [0.5, 0.6) is 0 Å². The van der Waals surface area contributed by atoms with E-state index in [4.69, 9.17) is 9.15 Å². The highest BCUT2D eigenvalue weighted by Gasteiger charge is 2.32. The first-order chi connectivity index (χ1) is 17.0. The Hall–Kier alpha value is -4.18. The van der Waals surface area contributed by atoms with Crippen LogP contribution >= 0.6 is 11.8 Å². The highest BCUT2D eigenvalue weighted by atomic mass is 32.2. The van der Waals surface area contributed by atoms with Crippen molar-refractivity contribution in [3.63, 3.8) is 0 Å². The minimum atomic E-state index is -0.583. The van der Waals surface area contributed by atoms with Crippen molar-refractivity contribution < 1.29 is 23.5 Å². The van der Waals surface area contributed by atoms with Gasteiger partial charge >= 0.3 is 5.97 Å². The van der Waals surface area contributed by atoms with E-state index in [0.717, 1.165) is 17.3 Å². The molecule has 1 fully saturated rings. The lowest BCUT2D eigenvalue weighted by molar-refractivity contribution is -0.122. The number of furan rings is 1. The maximum absolute atomic E-state index is 12.2. The van der Waals surface area contributed by atoms with E-state index in [-0.39, 0.29) is 24.2 Å². The van der Waals surface area contributed by atoms with Gasteiger partial charge in [0.05, 0.1) is 18.4 Å². The molecule has 1 saturated heterocycles. The van der Waals surface area contributed by atoms with Gasteiger partial charge in [0.25, 0.3) is 0 Å². The number of anilines is 1. The summed E-state index contributed by atoms with van der Waals surface area (Å²) < 4.78 is 10.7. The Morgan fingerprint density at radius 2 is 1.89 bits per heavy atom. The monoisotopic (exact) mass is 490 g/mol. The van der Waals surface area contributed by atoms with Gasteiger partial charge in [-0.3, -0.25) is 9.59 Å². The van der Waals surface area contributed by atoms with Crippen LogP contribution in [0, 0.1) is 0 Å². The molecule has 35 heavy (non-hydrogen) atoms. The van der Waals surface area contributed by atoms with Gasteiger partial charge in [-0.2, -0.15) is 5.10 Å². The van der Waals surface area contributed by atoms with Crippen molar-refractivity contribution in [2.24, 2.45) is 10.2 Å². The highest BCUT2D eigenvalue weighted by molar-refractivity contribution is 8.15. The van der Waals surface area contributed by atoms with Crippen molar-refractivity contribution in [3.05, 3.63) is 78.1 Å². The molecule has 4 rings (SSSR count). The highest BCUT2D eigenvalue weighted by Crippen LogP contribution is 2.24. The molecular formula is C25H22N4O5S. The number of rotatable bonds is 8. The zero-order chi connectivity index (χ0) is 24.6. The van der Waals surface area contributed by atoms with Crippen LogP contribution in [0.2, 0.25) is 0 Å². The third-order valence-electron chi connectivity index (χ3n) is 4.85. The number of amidine groups is 1. The van der Waals surface area contributed by atoms with Gasteiger partial charge in [0.2, 0.25) is 11.8 Å². The Kier molecular flexibility index (Phi) is 7.74. The first-order valence-electron chi connectivity index (χ1n) is 10.8. The van der Waals surface area contributed by atoms with Crippen LogP contribution < -0.4 is 10.6 Å². The lowest BCUT2D eigenvalue weighted by Gasteiger charge is -2.06. The Balaban J connectivity index is 1.31. The summed E-state index contributed by atoms with van der Waals surface area (Å²) in [6, 6.07) is 19.4. The molecule has 2 N–H and O–H groups in total. The smallest absolute Gasteiger partial charge is 0.338 e. The molecule has 0 radical (unpaired) electrons. The van der Waals surface area contributed by atoms with E-state index in [1.54, 1.807) is 55.5 Å². The SMILES string of the molecule is CCOC(=O)c1ccc(-c2ccc(/C=N\N=C3\NC(=O)[C@@H](CC(=O)Nc4ccccc4)S3)o2)cc1. The first-order valence-corrected chi connectivity index (χ1v) is 11.7. The predicted octanol–water partition coefficient (Wildman–Crippen LogP) is 4.07. The van der Waals surface area contributed by atoms with Gasteiger partial charge in [-0.15, -0.1) is 5.10 Å². The lowest BCUT2D eigenvalue weighted by atomic mass is 10.1. The van der Waals surface area contributed by atoms with Gasteiger partial charge in [0, 0.05) is 17.7 Å². The summed E-state index contributed by atoms with van der Waals surface area (Å²) in [6.07, 6.45) is 1.44. The molecule has 1 aliphatic rings. The number of hydrogen-bond acceptors (Lipinski definition) is 8. The van der Waals surface area contributed by atoms with Gasteiger partial charge in [-0.25, -0.2) is 4.79 Å². The summed E-state index contributed by atoms with van der Waals surface area (Å²) in [7, 11) is 0. The Labute approximate surface area is 205 Å². The zero-order valence-corrected chi connectivity index (χ0v) is 19.6. The van der Waals surface area contributed by atoms with Crippen molar-refractivity contribution in [2.45, 2.75) is 18.6 Å². The van der Waals surface area contributed by atoms with Gasteiger partial charge in [0.15, 0.2) is 5.17 Å². The van der Waals surface area contributed by atoms with Crippen LogP contribution in [-0.4, -0.2) is 41.0 Å². The molecule has 0 bridgehead atoms. The fraction of sp³-hybridized carbons (Fsp3) is 0.160. The molecule has 1 aliphatic heterocycles. The summed E-state index contributed by atoms with van der Waals surface area (Å²) in [5.74, 6) is 0.140. The topological polar surface area (TPSA) is 122 Å². The number of hydrogen-bond donors (Lipinski definition) is 2. The average molecular weight is 491 g/mol. The molecule has 2 amide bonds. The average Bonchev–Trinajstić information content (AvgIpc) is 3.46. The lowest BCUT2D eigenvalue weighted by Crippen LogP contribution is -2.28. The Bertz CT molecular complexity index is 1270. The number of nitrogens with zero attached hydrogens (tertiary/aromatic N) is 2. The molecule has 0 unspecified atom stereocenters. The second-order valence-electron chi connectivity index (χ2n) is 7.36. The van der Waals surface area contributed by atoms with E-state index in [9.17, 15) is 14.4 Å². The number of esters is 1. The second kappa shape index (κ2) is 11.3. The van der Waals surface area contributed by atoms with Crippen molar-refractivity contribution in [1.29, 1.82) is 0 Å². The van der Waals surface area contributed by atoms with Crippen molar-refractivity contribution in [2.75, 3.05) is 11.9 Å². The van der Waals surface area contributed by atoms with E-state index in [0.29, 0.717) is 34.5 Å². The number of para-hydroxylation sites is 1. The summed E-state index contributed by atoms with van der Waals surface area (Å²) in [6.45, 7) is 2.07. The molecule has 1 atom stereocenters. The van der Waals surface area contributed by atoms with Crippen LogP contribution in [0.15, 0.2) is 81.4 Å². The van der Waals surface area contributed by atoms with E-state index in [2.05, 4.69) is 20.8 Å². The van der Waals surface area contributed by atoms with Crippen molar-refractivity contribution in [3.8, 4) is 11.3 Å². The predicted molar refractivity (Wildman–Crippen MR) is 134 cm³/mol. The molecule has 3 aromatic rings. The number of carbonyl (C=O) groups is 3. The molecule has 2 heterocycles. The molecule has 0 spiro atoms. The van der Waals surface area contributed by atoms with Crippen LogP contribution in [0.1, 0.15) is 29.5 Å². The number of nitrogens with one attached hydrogen (secondary N) is 2. The minimum absolute atomic E-state index is 0.0185. The molecular weight excluding hydrogens is 468 g/mol. The fourth-order valence-electron chi connectivity index (χ4n) is 3.19. The van der Waals surface area contributed by atoms with Crippen molar-refractivity contribution in [1.82, 2.24) is 5.32 Å². The Morgan fingerprint density at radius 1 is 1.11 bits per heavy atom. The summed E-state index contributed by atoms with van der Waals surface area (Å²) >= 11 is 1.15. The van der Waals surface area contributed by atoms with Crippen molar-refractivity contribution >= 4 is 46.6 Å². The summed E-state index contributed by atoms with van der Waals surface area (Å²) in [4.78, 5) is 36.2. The number of carbonyl (C=O) groups excluding carboxylic acids is 3. The largest absolute Gasteiger partial charge is 0.462 e. The molecule has 1 aromatic heterocycles. The second-order valence-corrected chi connectivity index (χ2v) is 8.56.